The maximum Gasteiger partial charge on any atom is 0.277 e. The fraction of sp³-hybridized carbons (Fsp3) is 0.158. The zero-order chi connectivity index (χ0) is 18.1. The van der Waals surface area contributed by atoms with Gasteiger partial charge in [-0.1, -0.05) is 25.1 Å². The van der Waals surface area contributed by atoms with E-state index >= 15 is 0 Å². The number of carbonyl (C=O) groups excluding carboxylic acids is 1. The van der Waals surface area contributed by atoms with Crippen molar-refractivity contribution in [3.8, 4) is 0 Å². The van der Waals surface area contributed by atoms with E-state index in [0.717, 1.165) is 27.9 Å². The molecule has 7 heteroatoms. The Balaban J connectivity index is 1.75. The summed E-state index contributed by atoms with van der Waals surface area (Å²) in [6.45, 7) is 1.99. The summed E-state index contributed by atoms with van der Waals surface area (Å²) in [6, 6.07) is 11.6. The lowest BCUT2D eigenvalue weighted by molar-refractivity contribution is 0.0955. The van der Waals surface area contributed by atoms with E-state index in [1.54, 1.807) is 18.6 Å². The Hall–Kier alpha value is -3.48. The van der Waals surface area contributed by atoms with E-state index in [-0.39, 0.29) is 5.91 Å². The molecule has 26 heavy (non-hydrogen) atoms. The summed E-state index contributed by atoms with van der Waals surface area (Å²) >= 11 is 0. The van der Waals surface area contributed by atoms with E-state index < -0.39 is 0 Å². The molecule has 4 aromatic rings. The lowest BCUT2D eigenvalue weighted by Gasteiger charge is -2.02. The number of carbonyl (C=O) groups is 1. The first kappa shape index (κ1) is 16.0. The third-order valence-corrected chi connectivity index (χ3v) is 4.35. The lowest BCUT2D eigenvalue weighted by atomic mass is 10.2. The second-order valence-corrected chi connectivity index (χ2v) is 5.94. The van der Waals surface area contributed by atoms with Crippen LogP contribution >= 0.6 is 0 Å². The van der Waals surface area contributed by atoms with Crippen LogP contribution in [0.2, 0.25) is 0 Å². The topological polar surface area (TPSA) is 76.6 Å². The minimum atomic E-state index is -0.275. The molecule has 0 aliphatic carbocycles. The molecule has 3 aromatic heterocycles. The summed E-state index contributed by atoms with van der Waals surface area (Å²) in [5.74, 6) is -0.275. The molecular formula is C19H18N6O. The Morgan fingerprint density at radius 2 is 2.04 bits per heavy atom. The smallest absolute Gasteiger partial charge is 0.277 e. The van der Waals surface area contributed by atoms with Crippen LogP contribution in [0.1, 0.15) is 28.5 Å². The average Bonchev–Trinajstić information content (AvgIpc) is 3.19. The average molecular weight is 346 g/mol. The van der Waals surface area contributed by atoms with Crippen molar-refractivity contribution in [2.24, 2.45) is 12.1 Å². The second-order valence-electron chi connectivity index (χ2n) is 5.94. The van der Waals surface area contributed by atoms with Crippen LogP contribution in [0.25, 0.3) is 16.7 Å². The van der Waals surface area contributed by atoms with Crippen LogP contribution in [0.15, 0.2) is 53.9 Å². The zero-order valence-corrected chi connectivity index (χ0v) is 14.5. The first-order valence-electron chi connectivity index (χ1n) is 8.39. The number of aromatic nitrogens is 4. The number of aryl methyl sites for hydroxylation is 2. The molecule has 0 spiro atoms. The Bertz CT molecular complexity index is 1120. The fourth-order valence-corrected chi connectivity index (χ4v) is 3.13. The van der Waals surface area contributed by atoms with Crippen molar-refractivity contribution in [3.05, 3.63) is 65.6 Å². The van der Waals surface area contributed by atoms with Crippen molar-refractivity contribution < 1.29 is 4.79 Å². The first-order chi connectivity index (χ1) is 12.7. The molecule has 0 fully saturated rings. The molecule has 130 valence electrons. The Labute approximate surface area is 150 Å². The molecule has 1 aromatic carbocycles. The summed E-state index contributed by atoms with van der Waals surface area (Å²) < 4.78 is 3.81. The minimum absolute atomic E-state index is 0.275. The van der Waals surface area contributed by atoms with Gasteiger partial charge in [0.2, 0.25) is 0 Å². The van der Waals surface area contributed by atoms with Gasteiger partial charge in [0.1, 0.15) is 11.2 Å². The van der Waals surface area contributed by atoms with Crippen molar-refractivity contribution in [3.63, 3.8) is 0 Å². The number of hydrazone groups is 1. The number of hydrogen-bond donors (Lipinski definition) is 1. The highest BCUT2D eigenvalue weighted by Gasteiger charge is 2.23. The van der Waals surface area contributed by atoms with Crippen LogP contribution in [0.5, 0.6) is 0 Å². The van der Waals surface area contributed by atoms with E-state index in [4.69, 9.17) is 0 Å². The van der Waals surface area contributed by atoms with Gasteiger partial charge in [-0.2, -0.15) is 10.2 Å². The van der Waals surface area contributed by atoms with Gasteiger partial charge >= 0.3 is 0 Å². The molecule has 0 radical (unpaired) electrons. The predicted octanol–water partition coefficient (Wildman–Crippen LogP) is 2.55. The molecule has 1 amide bonds. The summed E-state index contributed by atoms with van der Waals surface area (Å²) in [5, 5.41) is 8.69. The molecular weight excluding hydrogens is 328 g/mol. The van der Waals surface area contributed by atoms with E-state index in [0.29, 0.717) is 12.0 Å². The van der Waals surface area contributed by atoms with Gasteiger partial charge in [-0.3, -0.25) is 9.78 Å². The molecule has 0 bridgehead atoms. The van der Waals surface area contributed by atoms with Crippen LogP contribution in [-0.2, 0) is 13.5 Å². The molecule has 0 aliphatic rings. The highest BCUT2D eigenvalue weighted by Crippen LogP contribution is 2.24. The molecule has 3 heterocycles. The van der Waals surface area contributed by atoms with Gasteiger partial charge < -0.3 is 4.57 Å². The van der Waals surface area contributed by atoms with Crippen LogP contribution in [0, 0.1) is 0 Å². The van der Waals surface area contributed by atoms with Crippen LogP contribution in [-0.4, -0.2) is 31.3 Å². The number of hydrogen-bond acceptors (Lipinski definition) is 4. The van der Waals surface area contributed by atoms with E-state index in [1.807, 2.05) is 59.5 Å². The monoisotopic (exact) mass is 346 g/mol. The lowest BCUT2D eigenvalue weighted by Crippen LogP contribution is -2.19. The fourth-order valence-electron chi connectivity index (χ4n) is 3.13. The van der Waals surface area contributed by atoms with Gasteiger partial charge in [-0.15, -0.1) is 0 Å². The second kappa shape index (κ2) is 6.44. The number of imidazole rings is 1. The SMILES string of the molecule is CCc1nn2c3ccccc3n(C)c2c1C(=O)N/N=C\c1cccnc1. The molecule has 7 nitrogen and oxygen atoms in total. The number of fused-ring (bicyclic) bond motifs is 3. The van der Waals surface area contributed by atoms with Crippen molar-refractivity contribution >= 4 is 28.8 Å². The third kappa shape index (κ3) is 2.54. The maximum absolute atomic E-state index is 12.8. The number of nitrogens with zero attached hydrogens (tertiary/aromatic N) is 5. The molecule has 0 saturated heterocycles. The standard InChI is InChI=1S/C19H18N6O/c1-3-14-17(18(26)22-21-12-13-7-6-10-20-11-13)19-24(2)15-8-4-5-9-16(15)25(19)23-14/h4-12H,3H2,1-2H3,(H,22,26)/b21-12-. The van der Waals surface area contributed by atoms with Crippen LogP contribution in [0.3, 0.4) is 0 Å². The molecule has 0 unspecified atom stereocenters. The molecule has 1 N–H and O–H groups in total. The molecule has 4 rings (SSSR count). The van der Waals surface area contributed by atoms with Crippen LogP contribution < -0.4 is 5.43 Å². The van der Waals surface area contributed by atoms with Gasteiger partial charge in [-0.25, -0.2) is 9.94 Å². The number of benzene rings is 1. The summed E-state index contributed by atoms with van der Waals surface area (Å²) in [7, 11) is 1.94. The largest absolute Gasteiger partial charge is 0.327 e. The van der Waals surface area contributed by atoms with Gasteiger partial charge in [0.15, 0.2) is 0 Å². The first-order valence-corrected chi connectivity index (χ1v) is 8.39. The number of nitrogens with one attached hydrogen (secondary N) is 1. The minimum Gasteiger partial charge on any atom is -0.327 e. The highest BCUT2D eigenvalue weighted by atomic mass is 16.2. The summed E-state index contributed by atoms with van der Waals surface area (Å²) in [6.07, 6.45) is 5.59. The molecule has 0 saturated carbocycles. The third-order valence-electron chi connectivity index (χ3n) is 4.35. The predicted molar refractivity (Wildman–Crippen MR) is 100 cm³/mol. The van der Waals surface area contributed by atoms with Crippen molar-refractivity contribution in [2.75, 3.05) is 0 Å². The highest BCUT2D eigenvalue weighted by molar-refractivity contribution is 6.03. The Kier molecular flexibility index (Phi) is 3.96. The van der Waals surface area contributed by atoms with Gasteiger partial charge in [-0.05, 0) is 24.6 Å². The number of pyridine rings is 1. The van der Waals surface area contributed by atoms with E-state index in [1.165, 1.54) is 0 Å². The van der Waals surface area contributed by atoms with E-state index in [2.05, 4.69) is 20.6 Å². The summed E-state index contributed by atoms with van der Waals surface area (Å²) in [5.41, 5.74) is 7.47. The summed E-state index contributed by atoms with van der Waals surface area (Å²) in [4.78, 5) is 16.8. The quantitative estimate of drug-likeness (QED) is 0.456. The van der Waals surface area contributed by atoms with Crippen molar-refractivity contribution in [2.45, 2.75) is 13.3 Å². The number of para-hydroxylation sites is 2. The zero-order valence-electron chi connectivity index (χ0n) is 14.5. The number of amides is 1. The number of rotatable bonds is 4. The van der Waals surface area contributed by atoms with Gasteiger partial charge in [0, 0.05) is 25.0 Å². The van der Waals surface area contributed by atoms with Crippen molar-refractivity contribution in [1.82, 2.24) is 24.6 Å². The Morgan fingerprint density at radius 1 is 1.23 bits per heavy atom. The molecule has 0 aliphatic heterocycles. The van der Waals surface area contributed by atoms with Crippen LogP contribution in [0.4, 0.5) is 0 Å². The van der Waals surface area contributed by atoms with Crippen molar-refractivity contribution in [1.29, 1.82) is 0 Å². The Morgan fingerprint density at radius 3 is 2.77 bits per heavy atom. The van der Waals surface area contributed by atoms with E-state index in [9.17, 15) is 4.79 Å². The maximum atomic E-state index is 12.8. The molecule has 0 atom stereocenters. The normalized spacial score (nSPS) is 11.6. The van der Waals surface area contributed by atoms with Gasteiger partial charge in [0.25, 0.3) is 5.91 Å². The van der Waals surface area contributed by atoms with Gasteiger partial charge in [0.05, 0.1) is 22.9 Å².